The number of ether oxygens (including phenoxy) is 4. The monoisotopic (exact) mass is 458 g/mol. The van der Waals surface area contributed by atoms with Crippen LogP contribution in [0.3, 0.4) is 0 Å². The van der Waals surface area contributed by atoms with Crippen molar-refractivity contribution in [3.05, 3.63) is 53.8 Å². The number of carbonyl (C=O) groups excluding carboxylic acids is 1. The Morgan fingerprint density at radius 3 is 2.82 bits per heavy atom. The van der Waals surface area contributed by atoms with Crippen LogP contribution < -0.4 is 19.5 Å². The van der Waals surface area contributed by atoms with Crippen LogP contribution in [0, 0.1) is 5.82 Å². The van der Waals surface area contributed by atoms with Crippen molar-refractivity contribution in [3.63, 3.8) is 0 Å². The first-order valence-corrected chi connectivity index (χ1v) is 11.4. The standard InChI is InChI=1S/C25H31FN2O5/c1-17(2)27-25(29)24(33-20-6-3-5-19(26)12-20)15-28(14-21-7-4-10-30-21)13-18-8-9-22-23(11-18)32-16-31-22/h3,5-6,8-9,11-12,17,21,24H,4,7,10,13-16H2,1-2H3,(H,27,29). The average Bonchev–Trinajstić information content (AvgIpc) is 3.44. The summed E-state index contributed by atoms with van der Waals surface area (Å²) in [4.78, 5) is 15.1. The summed E-state index contributed by atoms with van der Waals surface area (Å²) in [6.07, 6.45) is 1.29. The minimum Gasteiger partial charge on any atom is -0.479 e. The van der Waals surface area contributed by atoms with Gasteiger partial charge in [-0.15, -0.1) is 0 Å². The van der Waals surface area contributed by atoms with E-state index in [0.29, 0.717) is 25.4 Å². The summed E-state index contributed by atoms with van der Waals surface area (Å²) in [5.74, 6) is 1.12. The van der Waals surface area contributed by atoms with Gasteiger partial charge in [-0.2, -0.15) is 0 Å². The molecule has 0 saturated carbocycles. The number of halogens is 1. The van der Waals surface area contributed by atoms with Gasteiger partial charge < -0.3 is 24.3 Å². The molecular weight excluding hydrogens is 427 g/mol. The first kappa shape index (κ1) is 23.3. The summed E-state index contributed by atoms with van der Waals surface area (Å²) in [5, 5.41) is 2.92. The van der Waals surface area contributed by atoms with Gasteiger partial charge in [0.2, 0.25) is 6.79 Å². The highest BCUT2D eigenvalue weighted by Crippen LogP contribution is 2.33. The predicted molar refractivity (Wildman–Crippen MR) is 121 cm³/mol. The highest BCUT2D eigenvalue weighted by atomic mass is 19.1. The molecule has 0 aliphatic carbocycles. The van der Waals surface area contributed by atoms with Crippen molar-refractivity contribution >= 4 is 5.91 Å². The number of amides is 1. The normalized spacial score (nSPS) is 18.0. The van der Waals surface area contributed by atoms with E-state index in [0.717, 1.165) is 36.5 Å². The van der Waals surface area contributed by atoms with Gasteiger partial charge in [-0.1, -0.05) is 12.1 Å². The van der Waals surface area contributed by atoms with Crippen LogP contribution in [0.4, 0.5) is 4.39 Å². The van der Waals surface area contributed by atoms with Crippen LogP contribution in [0.1, 0.15) is 32.3 Å². The zero-order valence-electron chi connectivity index (χ0n) is 19.1. The maximum atomic E-state index is 13.7. The Hall–Kier alpha value is -2.84. The number of rotatable bonds is 10. The molecule has 0 radical (unpaired) electrons. The van der Waals surface area contributed by atoms with Crippen molar-refractivity contribution in [2.45, 2.75) is 51.5 Å². The third kappa shape index (κ3) is 6.58. The fraction of sp³-hybridized carbons (Fsp3) is 0.480. The zero-order valence-corrected chi connectivity index (χ0v) is 19.1. The fourth-order valence-corrected chi connectivity index (χ4v) is 4.07. The number of benzene rings is 2. The van der Waals surface area contributed by atoms with Crippen molar-refractivity contribution in [2.24, 2.45) is 0 Å². The van der Waals surface area contributed by atoms with Gasteiger partial charge >= 0.3 is 0 Å². The molecule has 0 aromatic heterocycles. The second kappa shape index (κ2) is 10.9. The first-order chi connectivity index (χ1) is 16.0. The van der Waals surface area contributed by atoms with E-state index in [1.807, 2.05) is 32.0 Å². The van der Waals surface area contributed by atoms with Gasteiger partial charge in [0.05, 0.1) is 6.10 Å². The highest BCUT2D eigenvalue weighted by molar-refractivity contribution is 5.81. The second-order valence-electron chi connectivity index (χ2n) is 8.74. The van der Waals surface area contributed by atoms with Crippen LogP contribution >= 0.6 is 0 Å². The van der Waals surface area contributed by atoms with E-state index in [4.69, 9.17) is 18.9 Å². The summed E-state index contributed by atoms with van der Waals surface area (Å²) >= 11 is 0. The topological polar surface area (TPSA) is 69.3 Å². The highest BCUT2D eigenvalue weighted by Gasteiger charge is 2.28. The van der Waals surface area contributed by atoms with E-state index < -0.39 is 11.9 Å². The van der Waals surface area contributed by atoms with Gasteiger partial charge in [0.25, 0.3) is 5.91 Å². The number of hydrogen-bond acceptors (Lipinski definition) is 6. The van der Waals surface area contributed by atoms with Gasteiger partial charge in [-0.25, -0.2) is 4.39 Å². The average molecular weight is 459 g/mol. The van der Waals surface area contributed by atoms with Gasteiger partial charge in [0, 0.05) is 38.3 Å². The molecule has 1 saturated heterocycles. The third-order valence-corrected chi connectivity index (χ3v) is 5.55. The molecule has 2 aromatic carbocycles. The minimum absolute atomic E-state index is 0.0448. The van der Waals surface area contributed by atoms with E-state index >= 15 is 0 Å². The summed E-state index contributed by atoms with van der Waals surface area (Å²) < 4.78 is 36.5. The van der Waals surface area contributed by atoms with Crippen LogP contribution in [-0.2, 0) is 16.1 Å². The minimum atomic E-state index is -0.815. The summed E-state index contributed by atoms with van der Waals surface area (Å²) in [7, 11) is 0. The molecular formula is C25H31FN2O5. The molecule has 0 spiro atoms. The maximum absolute atomic E-state index is 13.7. The molecule has 2 heterocycles. The Kier molecular flexibility index (Phi) is 7.67. The molecule has 2 unspecified atom stereocenters. The van der Waals surface area contributed by atoms with Crippen LogP contribution in [0.5, 0.6) is 17.2 Å². The predicted octanol–water partition coefficient (Wildman–Crippen LogP) is 3.51. The van der Waals surface area contributed by atoms with Crippen molar-refractivity contribution < 1.29 is 28.1 Å². The lowest BCUT2D eigenvalue weighted by Gasteiger charge is -2.29. The van der Waals surface area contributed by atoms with E-state index in [9.17, 15) is 9.18 Å². The fourth-order valence-electron chi connectivity index (χ4n) is 4.07. The van der Waals surface area contributed by atoms with Crippen molar-refractivity contribution in [3.8, 4) is 17.2 Å². The Balaban J connectivity index is 1.53. The van der Waals surface area contributed by atoms with Crippen molar-refractivity contribution in [1.29, 1.82) is 0 Å². The molecule has 2 aromatic rings. The molecule has 178 valence electrons. The molecule has 0 bridgehead atoms. The van der Waals surface area contributed by atoms with Gasteiger partial charge in [-0.3, -0.25) is 9.69 Å². The van der Waals surface area contributed by atoms with Crippen molar-refractivity contribution in [2.75, 3.05) is 26.5 Å². The number of fused-ring (bicyclic) bond motifs is 1. The van der Waals surface area contributed by atoms with E-state index in [1.54, 1.807) is 12.1 Å². The number of hydrogen-bond donors (Lipinski definition) is 1. The first-order valence-electron chi connectivity index (χ1n) is 11.4. The number of nitrogens with zero attached hydrogens (tertiary/aromatic N) is 1. The molecule has 4 rings (SSSR count). The lowest BCUT2D eigenvalue weighted by molar-refractivity contribution is -0.129. The Morgan fingerprint density at radius 2 is 2.06 bits per heavy atom. The Bertz CT molecular complexity index is 948. The Morgan fingerprint density at radius 1 is 1.21 bits per heavy atom. The molecule has 1 N–H and O–H groups in total. The van der Waals surface area contributed by atoms with E-state index in [2.05, 4.69) is 10.2 Å². The largest absolute Gasteiger partial charge is 0.479 e. The molecule has 2 aliphatic rings. The van der Waals surface area contributed by atoms with Gasteiger partial charge in [0.1, 0.15) is 11.6 Å². The van der Waals surface area contributed by atoms with Crippen molar-refractivity contribution in [1.82, 2.24) is 10.2 Å². The lowest BCUT2D eigenvalue weighted by atomic mass is 10.1. The molecule has 1 amide bonds. The van der Waals surface area contributed by atoms with Crippen LogP contribution in [0.15, 0.2) is 42.5 Å². The van der Waals surface area contributed by atoms with E-state index in [1.165, 1.54) is 12.1 Å². The van der Waals surface area contributed by atoms with Crippen LogP contribution in [0.2, 0.25) is 0 Å². The molecule has 33 heavy (non-hydrogen) atoms. The van der Waals surface area contributed by atoms with Crippen LogP contribution in [0.25, 0.3) is 0 Å². The molecule has 1 fully saturated rings. The second-order valence-corrected chi connectivity index (χ2v) is 8.74. The lowest BCUT2D eigenvalue weighted by Crippen LogP contribution is -2.49. The summed E-state index contributed by atoms with van der Waals surface area (Å²) in [6.45, 7) is 6.32. The maximum Gasteiger partial charge on any atom is 0.262 e. The number of nitrogens with one attached hydrogen (secondary N) is 1. The van der Waals surface area contributed by atoms with Gasteiger partial charge in [0.15, 0.2) is 17.6 Å². The smallest absolute Gasteiger partial charge is 0.262 e. The Labute approximate surface area is 193 Å². The van der Waals surface area contributed by atoms with Gasteiger partial charge in [-0.05, 0) is 56.5 Å². The molecule has 2 atom stereocenters. The number of carbonyl (C=O) groups is 1. The van der Waals surface area contributed by atoms with E-state index in [-0.39, 0.29) is 24.8 Å². The summed E-state index contributed by atoms with van der Waals surface area (Å²) in [5.41, 5.74) is 1.03. The quantitative estimate of drug-likeness (QED) is 0.588. The zero-order chi connectivity index (χ0) is 23.2. The third-order valence-electron chi connectivity index (χ3n) is 5.55. The summed E-state index contributed by atoms with van der Waals surface area (Å²) in [6, 6.07) is 11.7. The molecule has 2 aliphatic heterocycles. The SMILES string of the molecule is CC(C)NC(=O)C(CN(Cc1ccc2c(c1)OCO2)CC1CCCO1)Oc1cccc(F)c1. The molecule has 8 heteroatoms. The van der Waals surface area contributed by atoms with Crippen LogP contribution in [-0.4, -0.2) is 55.5 Å². The molecule has 7 nitrogen and oxygen atoms in total.